The summed E-state index contributed by atoms with van der Waals surface area (Å²) >= 11 is 19.0. The van der Waals surface area contributed by atoms with Gasteiger partial charge in [0.25, 0.3) is 0 Å². The van der Waals surface area contributed by atoms with Crippen molar-refractivity contribution in [2.75, 3.05) is 42.3 Å². The van der Waals surface area contributed by atoms with Crippen LogP contribution >= 0.6 is 34.8 Å². The van der Waals surface area contributed by atoms with Gasteiger partial charge < -0.3 is 20.9 Å². The molecule has 0 saturated carbocycles. The number of aromatic nitrogens is 3. The minimum Gasteiger partial charge on any atom is -0.373 e. The van der Waals surface area contributed by atoms with E-state index in [9.17, 15) is 4.39 Å². The highest BCUT2D eigenvalue weighted by Crippen LogP contribution is 2.36. The average molecular weight is 628 g/mol. The van der Waals surface area contributed by atoms with E-state index in [-0.39, 0.29) is 11.1 Å². The van der Waals surface area contributed by atoms with Gasteiger partial charge in [0.05, 0.1) is 34.0 Å². The van der Waals surface area contributed by atoms with Crippen molar-refractivity contribution in [1.29, 1.82) is 0 Å². The molecule has 1 aromatic heterocycles. The first kappa shape index (κ1) is 28.7. The minimum atomic E-state index is -0.485. The molecule has 1 saturated heterocycles. The molecule has 3 aromatic carbocycles. The fourth-order valence-electron chi connectivity index (χ4n) is 5.41. The second-order valence-corrected chi connectivity index (χ2v) is 11.6. The van der Waals surface area contributed by atoms with Crippen molar-refractivity contribution < 1.29 is 4.39 Å². The zero-order valence-corrected chi connectivity index (χ0v) is 25.2. The van der Waals surface area contributed by atoms with E-state index in [0.717, 1.165) is 60.7 Å². The minimum absolute atomic E-state index is 0.0259. The number of fused-ring (bicyclic) bond motifs is 1. The highest BCUT2D eigenvalue weighted by atomic mass is 35.5. The van der Waals surface area contributed by atoms with Gasteiger partial charge in [-0.05, 0) is 67.4 Å². The fourth-order valence-corrected chi connectivity index (χ4v) is 6.00. The Morgan fingerprint density at radius 3 is 2.50 bits per heavy atom. The lowest BCUT2D eigenvalue weighted by Gasteiger charge is -2.30. The molecular weight excluding hydrogens is 598 g/mol. The van der Waals surface area contributed by atoms with E-state index >= 15 is 0 Å². The van der Waals surface area contributed by atoms with Gasteiger partial charge in [-0.15, -0.1) is 5.10 Å². The van der Waals surface area contributed by atoms with E-state index in [1.165, 1.54) is 12.1 Å². The van der Waals surface area contributed by atoms with Gasteiger partial charge in [0.1, 0.15) is 24.0 Å². The van der Waals surface area contributed by atoms with Gasteiger partial charge in [0.2, 0.25) is 0 Å². The van der Waals surface area contributed by atoms with Gasteiger partial charge in [-0.2, -0.15) is 0 Å². The lowest BCUT2D eigenvalue weighted by atomic mass is 10.0. The van der Waals surface area contributed by atoms with E-state index in [1.54, 1.807) is 6.07 Å². The summed E-state index contributed by atoms with van der Waals surface area (Å²) in [5.74, 6) is 0.102. The maximum absolute atomic E-state index is 13.7. The summed E-state index contributed by atoms with van der Waals surface area (Å²) in [7, 11) is 0. The quantitative estimate of drug-likeness (QED) is 0.197. The van der Waals surface area contributed by atoms with E-state index < -0.39 is 5.82 Å². The monoisotopic (exact) mass is 626 g/mol. The van der Waals surface area contributed by atoms with Gasteiger partial charge in [-0.25, -0.2) is 14.1 Å². The summed E-state index contributed by atoms with van der Waals surface area (Å²) in [5.41, 5.74) is 4.66. The molecule has 4 aromatic rings. The first-order valence-corrected chi connectivity index (χ1v) is 15.0. The fraction of sp³-hybridized carbons (Fsp3) is 0.300. The second-order valence-electron chi connectivity index (χ2n) is 10.4. The maximum atomic E-state index is 13.7. The predicted molar refractivity (Wildman–Crippen MR) is 169 cm³/mol. The molecular formula is C30H30Cl3FN8. The van der Waals surface area contributed by atoms with Gasteiger partial charge >= 0.3 is 0 Å². The van der Waals surface area contributed by atoms with Crippen molar-refractivity contribution in [3.05, 3.63) is 98.5 Å². The number of halogens is 4. The number of rotatable bonds is 7. The Bertz CT molecular complexity index is 1600. The third-order valence-electron chi connectivity index (χ3n) is 7.74. The van der Waals surface area contributed by atoms with Gasteiger partial charge in [0, 0.05) is 35.1 Å². The maximum Gasteiger partial charge on any atom is 0.141 e. The van der Waals surface area contributed by atoms with Crippen LogP contribution in [0, 0.1) is 5.82 Å². The number of nitrogens with zero attached hydrogens (tertiary/aromatic N) is 5. The topological polar surface area (TPSA) is 82.4 Å². The highest BCUT2D eigenvalue weighted by molar-refractivity contribution is 6.35. The number of aliphatic imine (C=N–C) groups is 1. The van der Waals surface area contributed by atoms with Crippen LogP contribution < -0.4 is 16.0 Å². The molecule has 0 unspecified atom stereocenters. The number of likely N-dealkylation sites (tertiary alicyclic amines) is 1. The zero-order chi connectivity index (χ0) is 29.2. The van der Waals surface area contributed by atoms with Crippen LogP contribution in [0.1, 0.15) is 48.7 Å². The molecule has 42 heavy (non-hydrogen) atoms. The van der Waals surface area contributed by atoms with Crippen LogP contribution in [0.5, 0.6) is 0 Å². The van der Waals surface area contributed by atoms with Crippen molar-refractivity contribution in [2.45, 2.75) is 31.8 Å². The van der Waals surface area contributed by atoms with Gasteiger partial charge in [-0.3, -0.25) is 0 Å². The molecule has 0 aliphatic carbocycles. The van der Waals surface area contributed by atoms with Crippen molar-refractivity contribution in [3.8, 4) is 0 Å². The Hall–Kier alpha value is -3.37. The average Bonchev–Trinajstić information content (AvgIpc) is 3.49. The predicted octanol–water partition coefficient (Wildman–Crippen LogP) is 7.48. The Kier molecular flexibility index (Phi) is 8.53. The van der Waals surface area contributed by atoms with E-state index in [0.29, 0.717) is 34.3 Å². The molecule has 2 aliphatic rings. The standard InChI is InChI=1S/C30H30Cl3FN8/c1-2-41-11-9-22(10-12-41)42-16-27(39-40-42)28(18-3-5-19(31)6-4-18)37-21-13-23-29(25(33)15-21)35-17-36-30(23)38-20-7-8-26(34)24(32)14-20/h3-8,13-16,22,28,35,37H,2,9-12,17H2,1H3,(H,36,38)/t28-/m0/s1. The Morgan fingerprint density at radius 1 is 1.00 bits per heavy atom. The number of nitrogens with one attached hydrogen (secondary N) is 3. The molecule has 0 bridgehead atoms. The van der Waals surface area contributed by atoms with E-state index in [2.05, 4.69) is 43.1 Å². The lowest BCUT2D eigenvalue weighted by molar-refractivity contribution is 0.186. The number of hydrogen-bond acceptors (Lipinski definition) is 7. The summed E-state index contributed by atoms with van der Waals surface area (Å²) < 4.78 is 15.7. The summed E-state index contributed by atoms with van der Waals surface area (Å²) in [6, 6.07) is 16.0. The van der Waals surface area contributed by atoms with Crippen LogP contribution in [0.2, 0.25) is 15.1 Å². The number of amidine groups is 1. The Labute approximate surface area is 258 Å². The van der Waals surface area contributed by atoms with Crippen molar-refractivity contribution in [1.82, 2.24) is 19.9 Å². The van der Waals surface area contributed by atoms with Gasteiger partial charge in [0.15, 0.2) is 0 Å². The molecule has 3 N–H and O–H groups in total. The highest BCUT2D eigenvalue weighted by Gasteiger charge is 2.25. The molecule has 2 aliphatic heterocycles. The lowest BCUT2D eigenvalue weighted by Crippen LogP contribution is -2.34. The van der Waals surface area contributed by atoms with Gasteiger partial charge in [-0.1, -0.05) is 59.1 Å². The van der Waals surface area contributed by atoms with E-state index in [4.69, 9.17) is 34.8 Å². The number of benzene rings is 3. The van der Waals surface area contributed by atoms with Crippen LogP contribution in [0.4, 0.5) is 21.5 Å². The molecule has 218 valence electrons. The molecule has 3 heterocycles. The Balaban J connectivity index is 1.30. The van der Waals surface area contributed by atoms with E-state index in [1.807, 2.05) is 47.3 Å². The molecule has 12 heteroatoms. The largest absolute Gasteiger partial charge is 0.373 e. The molecule has 8 nitrogen and oxygen atoms in total. The third-order valence-corrected chi connectivity index (χ3v) is 8.58. The van der Waals surface area contributed by atoms with Crippen LogP contribution in [0.3, 0.4) is 0 Å². The number of piperidine rings is 1. The second kappa shape index (κ2) is 12.5. The third kappa shape index (κ3) is 6.20. The summed E-state index contributed by atoms with van der Waals surface area (Å²) in [6.07, 6.45) is 4.11. The first-order valence-electron chi connectivity index (χ1n) is 13.9. The molecule has 0 spiro atoms. The molecule has 6 rings (SSSR count). The van der Waals surface area contributed by atoms with Crippen LogP contribution in [-0.2, 0) is 0 Å². The smallest absolute Gasteiger partial charge is 0.141 e. The normalized spacial score (nSPS) is 16.4. The Morgan fingerprint density at radius 2 is 1.76 bits per heavy atom. The van der Waals surface area contributed by atoms with Crippen molar-refractivity contribution in [2.24, 2.45) is 4.99 Å². The molecule has 0 radical (unpaired) electrons. The number of anilines is 3. The SMILES string of the molecule is CCN1CCC(n2cc([C@@H](Nc3cc(Cl)c4c(c3)C(Nc3ccc(F)c(Cl)c3)=NCN4)c3ccc(Cl)cc3)nn2)CC1. The summed E-state index contributed by atoms with van der Waals surface area (Å²) in [6.45, 7) is 5.71. The molecule has 0 amide bonds. The van der Waals surface area contributed by atoms with Crippen molar-refractivity contribution >= 4 is 57.7 Å². The van der Waals surface area contributed by atoms with Crippen LogP contribution in [0.25, 0.3) is 0 Å². The zero-order valence-electron chi connectivity index (χ0n) is 22.9. The summed E-state index contributed by atoms with van der Waals surface area (Å²) in [5, 5.41) is 20.5. The number of hydrogen-bond donors (Lipinski definition) is 3. The molecule has 1 fully saturated rings. The summed E-state index contributed by atoms with van der Waals surface area (Å²) in [4.78, 5) is 7.06. The first-order chi connectivity index (χ1) is 20.4. The van der Waals surface area contributed by atoms with Crippen LogP contribution in [-0.4, -0.2) is 52.0 Å². The molecule has 1 atom stereocenters. The van der Waals surface area contributed by atoms with Crippen LogP contribution in [0.15, 0.2) is 65.8 Å². The van der Waals surface area contributed by atoms with Crippen molar-refractivity contribution in [3.63, 3.8) is 0 Å².